The van der Waals surface area contributed by atoms with E-state index in [1.165, 1.54) is 0 Å². The van der Waals surface area contributed by atoms with E-state index in [2.05, 4.69) is 15.6 Å². The van der Waals surface area contributed by atoms with Gasteiger partial charge in [0.05, 0.1) is 6.42 Å². The Balaban J connectivity index is 1.52. The summed E-state index contributed by atoms with van der Waals surface area (Å²) >= 11 is 1.15. The molecule has 30 heavy (non-hydrogen) atoms. The molecule has 4 aromatic rings. The van der Waals surface area contributed by atoms with Crippen molar-refractivity contribution in [2.45, 2.75) is 6.42 Å². The molecule has 1 heterocycles. The number of rotatable bonds is 6. The lowest BCUT2D eigenvalue weighted by Gasteiger charge is -2.05. The van der Waals surface area contributed by atoms with Gasteiger partial charge >= 0.3 is 0 Å². The first kappa shape index (κ1) is 19.4. The van der Waals surface area contributed by atoms with Gasteiger partial charge in [0.25, 0.3) is 5.91 Å². The molecule has 7 nitrogen and oxygen atoms in total. The van der Waals surface area contributed by atoms with Crippen LogP contribution in [0.15, 0.2) is 66.7 Å². The van der Waals surface area contributed by atoms with Crippen LogP contribution in [-0.2, 0) is 11.2 Å². The highest BCUT2D eigenvalue weighted by molar-refractivity contribution is 7.20. The summed E-state index contributed by atoms with van der Waals surface area (Å²) in [5.74, 6) is -0.983. The Bertz CT molecular complexity index is 1230. The van der Waals surface area contributed by atoms with Crippen molar-refractivity contribution in [2.24, 2.45) is 5.73 Å². The summed E-state index contributed by atoms with van der Waals surface area (Å²) in [6.07, 6.45) is 0.143. The van der Waals surface area contributed by atoms with E-state index >= 15 is 0 Å². The van der Waals surface area contributed by atoms with Crippen LogP contribution in [0.25, 0.3) is 10.8 Å². The summed E-state index contributed by atoms with van der Waals surface area (Å²) in [7, 11) is 0. The fraction of sp³-hybridized carbons (Fsp3) is 0.0455. The highest BCUT2D eigenvalue weighted by Gasteiger charge is 2.18. The van der Waals surface area contributed by atoms with E-state index < -0.39 is 5.91 Å². The lowest BCUT2D eigenvalue weighted by Crippen LogP contribution is -2.18. The Labute approximate surface area is 176 Å². The predicted octanol–water partition coefficient (Wildman–Crippen LogP) is 3.90. The van der Waals surface area contributed by atoms with Crippen molar-refractivity contribution in [3.63, 3.8) is 0 Å². The molecule has 150 valence electrons. The van der Waals surface area contributed by atoms with Crippen molar-refractivity contribution in [1.82, 2.24) is 4.98 Å². The number of benzene rings is 3. The average Bonchev–Trinajstić information content (AvgIpc) is 3.12. The van der Waals surface area contributed by atoms with E-state index in [0.29, 0.717) is 15.8 Å². The lowest BCUT2D eigenvalue weighted by atomic mass is 10.1. The molecule has 1 aromatic heterocycles. The number of fused-ring (bicyclic) bond motifs is 1. The van der Waals surface area contributed by atoms with Crippen molar-refractivity contribution < 1.29 is 9.59 Å². The standard InChI is InChI=1S/C22H19N5O2S/c23-16-8-5-13(6-9-16)11-18(28)26-21-19(20(24)29)27-22(30-21)25-17-10-7-14-3-1-2-4-15(14)12-17/h1-10,12H,11,23H2,(H2,24,29)(H,25,27)(H,26,28). The third-order valence-electron chi connectivity index (χ3n) is 4.46. The second-order valence-corrected chi connectivity index (χ2v) is 7.71. The number of aromatic nitrogens is 1. The van der Waals surface area contributed by atoms with E-state index in [-0.39, 0.29) is 18.0 Å². The molecule has 6 N–H and O–H groups in total. The van der Waals surface area contributed by atoms with Crippen molar-refractivity contribution >= 4 is 55.4 Å². The molecule has 3 aromatic carbocycles. The van der Waals surface area contributed by atoms with Gasteiger partial charge in [-0.1, -0.05) is 53.8 Å². The molecule has 2 amide bonds. The average molecular weight is 417 g/mol. The molecule has 0 fully saturated rings. The van der Waals surface area contributed by atoms with Crippen LogP contribution in [-0.4, -0.2) is 16.8 Å². The number of carbonyl (C=O) groups is 2. The van der Waals surface area contributed by atoms with Crippen LogP contribution < -0.4 is 22.1 Å². The summed E-state index contributed by atoms with van der Waals surface area (Å²) in [4.78, 5) is 28.5. The number of anilines is 4. The molecular weight excluding hydrogens is 398 g/mol. The predicted molar refractivity (Wildman–Crippen MR) is 121 cm³/mol. The van der Waals surface area contributed by atoms with Crippen LogP contribution in [0.3, 0.4) is 0 Å². The zero-order chi connectivity index (χ0) is 21.1. The van der Waals surface area contributed by atoms with Crippen molar-refractivity contribution in [3.8, 4) is 0 Å². The van der Waals surface area contributed by atoms with Gasteiger partial charge in [0.15, 0.2) is 10.8 Å². The van der Waals surface area contributed by atoms with Crippen molar-refractivity contribution in [3.05, 3.63) is 78.0 Å². The summed E-state index contributed by atoms with van der Waals surface area (Å²) in [6, 6.07) is 20.9. The summed E-state index contributed by atoms with van der Waals surface area (Å²) < 4.78 is 0. The van der Waals surface area contributed by atoms with Gasteiger partial charge < -0.3 is 22.1 Å². The van der Waals surface area contributed by atoms with Crippen LogP contribution in [0.1, 0.15) is 16.1 Å². The topological polar surface area (TPSA) is 123 Å². The molecule has 0 spiro atoms. The Morgan fingerprint density at radius 2 is 1.70 bits per heavy atom. The summed E-state index contributed by atoms with van der Waals surface area (Å²) in [5, 5.41) is 8.88. The van der Waals surface area contributed by atoms with Crippen LogP contribution in [0.4, 0.5) is 21.5 Å². The molecule has 0 aliphatic carbocycles. The van der Waals surface area contributed by atoms with E-state index in [1.54, 1.807) is 24.3 Å². The highest BCUT2D eigenvalue weighted by atomic mass is 32.1. The molecule has 4 rings (SSSR count). The smallest absolute Gasteiger partial charge is 0.270 e. The van der Waals surface area contributed by atoms with E-state index in [0.717, 1.165) is 33.4 Å². The van der Waals surface area contributed by atoms with Crippen LogP contribution in [0.2, 0.25) is 0 Å². The summed E-state index contributed by atoms with van der Waals surface area (Å²) in [5.41, 5.74) is 13.4. The number of thiazole rings is 1. The van der Waals surface area contributed by atoms with Crippen LogP contribution in [0.5, 0.6) is 0 Å². The van der Waals surface area contributed by atoms with Crippen LogP contribution in [0, 0.1) is 0 Å². The Kier molecular flexibility index (Phi) is 5.32. The molecule has 0 bridgehead atoms. The molecular formula is C22H19N5O2S. The van der Waals surface area contributed by atoms with Gasteiger partial charge in [-0.05, 0) is 40.6 Å². The number of hydrogen-bond acceptors (Lipinski definition) is 6. The minimum atomic E-state index is -0.708. The Morgan fingerprint density at radius 1 is 0.967 bits per heavy atom. The number of nitrogens with two attached hydrogens (primary N) is 2. The highest BCUT2D eigenvalue weighted by Crippen LogP contribution is 2.31. The Hall–Kier alpha value is -3.91. The molecule has 0 radical (unpaired) electrons. The second kappa shape index (κ2) is 8.22. The molecule has 8 heteroatoms. The largest absolute Gasteiger partial charge is 0.399 e. The molecule has 0 atom stereocenters. The minimum absolute atomic E-state index is 0.0222. The van der Waals surface area contributed by atoms with E-state index in [9.17, 15) is 9.59 Å². The maximum Gasteiger partial charge on any atom is 0.270 e. The first-order valence-corrected chi connectivity index (χ1v) is 10.0. The third-order valence-corrected chi connectivity index (χ3v) is 5.34. The number of hydrogen-bond donors (Lipinski definition) is 4. The lowest BCUT2D eigenvalue weighted by molar-refractivity contribution is -0.115. The molecule has 0 aliphatic rings. The minimum Gasteiger partial charge on any atom is -0.399 e. The zero-order valence-electron chi connectivity index (χ0n) is 15.9. The SMILES string of the molecule is NC(=O)c1nc(Nc2ccc3ccccc3c2)sc1NC(=O)Cc1ccc(N)cc1. The van der Waals surface area contributed by atoms with Crippen LogP contribution >= 0.6 is 11.3 Å². The van der Waals surface area contributed by atoms with E-state index in [4.69, 9.17) is 11.5 Å². The van der Waals surface area contributed by atoms with Gasteiger partial charge in [-0.15, -0.1) is 0 Å². The number of nitrogens with one attached hydrogen (secondary N) is 2. The number of amides is 2. The number of nitrogen functional groups attached to an aromatic ring is 1. The first-order chi connectivity index (χ1) is 14.5. The van der Waals surface area contributed by atoms with E-state index in [1.807, 2.05) is 42.5 Å². The normalized spacial score (nSPS) is 10.7. The number of primary amides is 1. The monoisotopic (exact) mass is 417 g/mol. The molecule has 0 saturated heterocycles. The van der Waals surface area contributed by atoms with Crippen molar-refractivity contribution in [2.75, 3.05) is 16.4 Å². The molecule has 0 aliphatic heterocycles. The van der Waals surface area contributed by atoms with Crippen molar-refractivity contribution in [1.29, 1.82) is 0 Å². The first-order valence-electron chi connectivity index (χ1n) is 9.18. The Morgan fingerprint density at radius 3 is 2.43 bits per heavy atom. The molecule has 0 saturated carbocycles. The fourth-order valence-electron chi connectivity index (χ4n) is 3.01. The maximum atomic E-state index is 12.4. The van der Waals surface area contributed by atoms with Gasteiger partial charge in [0.1, 0.15) is 5.00 Å². The maximum absolute atomic E-state index is 12.4. The van der Waals surface area contributed by atoms with Gasteiger partial charge in [0, 0.05) is 11.4 Å². The quantitative estimate of drug-likeness (QED) is 0.354. The van der Waals surface area contributed by atoms with Gasteiger partial charge in [-0.25, -0.2) is 4.98 Å². The zero-order valence-corrected chi connectivity index (χ0v) is 16.7. The number of carbonyl (C=O) groups excluding carboxylic acids is 2. The fourth-order valence-corrected chi connectivity index (χ4v) is 3.91. The van der Waals surface area contributed by atoms with Gasteiger partial charge in [-0.3, -0.25) is 9.59 Å². The third kappa shape index (κ3) is 4.39. The number of nitrogens with zero attached hydrogens (tertiary/aromatic N) is 1. The van der Waals surface area contributed by atoms with Gasteiger partial charge in [0.2, 0.25) is 5.91 Å². The summed E-state index contributed by atoms with van der Waals surface area (Å²) in [6.45, 7) is 0. The molecule has 0 unspecified atom stereocenters. The van der Waals surface area contributed by atoms with Gasteiger partial charge in [-0.2, -0.15) is 0 Å². The second-order valence-electron chi connectivity index (χ2n) is 6.71.